The Labute approximate surface area is 94.3 Å². The summed E-state index contributed by atoms with van der Waals surface area (Å²) in [6.07, 6.45) is 0.529. The van der Waals surface area contributed by atoms with E-state index < -0.39 is 12.1 Å². The molecule has 0 saturated carbocycles. The third kappa shape index (κ3) is 1.48. The number of aliphatic hydroxyl groups is 1. The van der Waals surface area contributed by atoms with Gasteiger partial charge in [0.15, 0.2) is 0 Å². The van der Waals surface area contributed by atoms with Crippen molar-refractivity contribution in [3.63, 3.8) is 0 Å². The van der Waals surface area contributed by atoms with Gasteiger partial charge in [-0.25, -0.2) is 4.79 Å². The zero-order valence-electron chi connectivity index (χ0n) is 9.64. The third-order valence-electron chi connectivity index (χ3n) is 3.71. The van der Waals surface area contributed by atoms with Crippen LogP contribution in [0.15, 0.2) is 11.6 Å². The molecule has 0 amide bonds. The smallest absolute Gasteiger partial charge is 0.334 e. The third-order valence-corrected chi connectivity index (χ3v) is 3.71. The highest BCUT2D eigenvalue weighted by atomic mass is 16.5. The summed E-state index contributed by atoms with van der Waals surface area (Å²) in [7, 11) is 0. The Kier molecular flexibility index (Phi) is 2.62. The average Bonchev–Trinajstić information content (AvgIpc) is 2.44. The van der Waals surface area contributed by atoms with Gasteiger partial charge in [-0.05, 0) is 25.8 Å². The van der Waals surface area contributed by atoms with E-state index in [1.54, 1.807) is 13.0 Å². The molecule has 1 N–H and O–H groups in total. The van der Waals surface area contributed by atoms with Gasteiger partial charge < -0.3 is 9.84 Å². The molecule has 0 radical (unpaired) electrons. The Morgan fingerprint density at radius 1 is 1.44 bits per heavy atom. The lowest BCUT2D eigenvalue weighted by Crippen LogP contribution is -2.41. The van der Waals surface area contributed by atoms with Crippen molar-refractivity contribution in [3.05, 3.63) is 11.6 Å². The largest absolute Gasteiger partial charge is 0.459 e. The first-order valence-electron chi connectivity index (χ1n) is 5.54. The number of esters is 1. The number of hydrogen-bond acceptors (Lipinski definition) is 4. The van der Waals surface area contributed by atoms with Crippen LogP contribution >= 0.6 is 0 Å². The van der Waals surface area contributed by atoms with Crippen LogP contribution in [0.2, 0.25) is 0 Å². The molecule has 2 rings (SSSR count). The minimum absolute atomic E-state index is 0.00676. The Hall–Kier alpha value is -1.16. The molecule has 4 nitrogen and oxygen atoms in total. The predicted molar refractivity (Wildman–Crippen MR) is 56.5 cm³/mol. The standard InChI is InChI=1S/C12H16O4/c1-5-9(14)4-8-11(10(5)6(2)13)7(3)16-12(8)15/h4-5,7,9-11,14H,1-3H3/t5-,7-,9-,10-,11-/m1/s1. The fourth-order valence-corrected chi connectivity index (χ4v) is 2.86. The van der Waals surface area contributed by atoms with Crippen LogP contribution < -0.4 is 0 Å². The van der Waals surface area contributed by atoms with E-state index in [4.69, 9.17) is 4.74 Å². The second kappa shape index (κ2) is 3.70. The molecule has 0 aromatic heterocycles. The predicted octanol–water partition coefficient (Wildman–Crippen LogP) is 0.690. The van der Waals surface area contributed by atoms with Crippen LogP contribution in [0.3, 0.4) is 0 Å². The van der Waals surface area contributed by atoms with Crippen LogP contribution in [0, 0.1) is 17.8 Å². The molecule has 0 unspecified atom stereocenters. The second-order valence-electron chi connectivity index (χ2n) is 4.74. The lowest BCUT2D eigenvalue weighted by molar-refractivity contribution is -0.139. The molecule has 0 aromatic carbocycles. The maximum atomic E-state index is 11.6. The van der Waals surface area contributed by atoms with Crippen molar-refractivity contribution in [2.45, 2.75) is 33.0 Å². The van der Waals surface area contributed by atoms with E-state index in [-0.39, 0.29) is 29.6 Å². The van der Waals surface area contributed by atoms with Crippen molar-refractivity contribution in [2.75, 3.05) is 0 Å². The highest BCUT2D eigenvalue weighted by Crippen LogP contribution is 2.42. The van der Waals surface area contributed by atoms with Gasteiger partial charge in [-0.15, -0.1) is 0 Å². The quantitative estimate of drug-likeness (QED) is 0.666. The molecule has 2 aliphatic rings. The molecular formula is C12H16O4. The Balaban J connectivity index is 2.45. The van der Waals surface area contributed by atoms with E-state index in [9.17, 15) is 14.7 Å². The van der Waals surface area contributed by atoms with Gasteiger partial charge in [0.05, 0.1) is 6.10 Å². The number of aliphatic hydroxyl groups excluding tert-OH is 1. The van der Waals surface area contributed by atoms with Gasteiger partial charge in [0.25, 0.3) is 0 Å². The summed E-state index contributed by atoms with van der Waals surface area (Å²) in [5, 5.41) is 9.81. The van der Waals surface area contributed by atoms with Crippen molar-refractivity contribution >= 4 is 11.8 Å². The summed E-state index contributed by atoms with van der Waals surface area (Å²) in [6.45, 7) is 5.13. The topological polar surface area (TPSA) is 63.6 Å². The lowest BCUT2D eigenvalue weighted by Gasteiger charge is -2.34. The van der Waals surface area contributed by atoms with Crippen molar-refractivity contribution in [3.8, 4) is 0 Å². The van der Waals surface area contributed by atoms with E-state index in [2.05, 4.69) is 0 Å². The molecule has 1 heterocycles. The second-order valence-corrected chi connectivity index (χ2v) is 4.74. The highest BCUT2D eigenvalue weighted by Gasteiger charge is 2.49. The highest BCUT2D eigenvalue weighted by molar-refractivity contribution is 5.94. The maximum Gasteiger partial charge on any atom is 0.334 e. The number of carbonyl (C=O) groups excluding carboxylic acids is 2. The summed E-state index contributed by atoms with van der Waals surface area (Å²) in [5.41, 5.74) is 0.471. The van der Waals surface area contributed by atoms with Crippen LogP contribution in [-0.2, 0) is 14.3 Å². The molecule has 88 valence electrons. The number of rotatable bonds is 1. The molecular weight excluding hydrogens is 208 g/mol. The SMILES string of the molecule is CC(=O)[C@H]1[C@H](C)[C@H](O)C=C2C(=O)O[C@H](C)[C@H]21. The van der Waals surface area contributed by atoms with E-state index in [0.29, 0.717) is 5.57 Å². The van der Waals surface area contributed by atoms with E-state index in [1.165, 1.54) is 6.92 Å². The average molecular weight is 224 g/mol. The van der Waals surface area contributed by atoms with Crippen molar-refractivity contribution in [1.29, 1.82) is 0 Å². The van der Waals surface area contributed by atoms with Crippen molar-refractivity contribution < 1.29 is 19.4 Å². The zero-order chi connectivity index (χ0) is 12.0. The summed E-state index contributed by atoms with van der Waals surface area (Å²) in [6, 6.07) is 0. The van der Waals surface area contributed by atoms with Gasteiger partial charge in [0, 0.05) is 17.4 Å². The molecule has 4 heteroatoms. The molecule has 1 aliphatic carbocycles. The molecule has 1 aliphatic heterocycles. The van der Waals surface area contributed by atoms with Crippen LogP contribution in [0.5, 0.6) is 0 Å². The van der Waals surface area contributed by atoms with Crippen molar-refractivity contribution in [1.82, 2.24) is 0 Å². The first kappa shape index (κ1) is 11.3. The van der Waals surface area contributed by atoms with Crippen LogP contribution in [0.1, 0.15) is 20.8 Å². The van der Waals surface area contributed by atoms with Gasteiger partial charge in [0.1, 0.15) is 11.9 Å². The van der Waals surface area contributed by atoms with Crippen LogP contribution in [0.25, 0.3) is 0 Å². The van der Waals surface area contributed by atoms with Gasteiger partial charge in [-0.3, -0.25) is 4.79 Å². The molecule has 1 fully saturated rings. The Bertz CT molecular complexity index is 371. The Morgan fingerprint density at radius 2 is 2.06 bits per heavy atom. The number of carbonyl (C=O) groups is 2. The number of fused-ring (bicyclic) bond motifs is 1. The molecule has 5 atom stereocenters. The lowest BCUT2D eigenvalue weighted by atomic mass is 9.69. The van der Waals surface area contributed by atoms with Gasteiger partial charge >= 0.3 is 5.97 Å². The van der Waals surface area contributed by atoms with Crippen LogP contribution in [0.4, 0.5) is 0 Å². The molecule has 0 aromatic rings. The normalized spacial score (nSPS) is 42.4. The zero-order valence-corrected chi connectivity index (χ0v) is 9.64. The summed E-state index contributed by atoms with van der Waals surface area (Å²) >= 11 is 0. The molecule has 1 saturated heterocycles. The van der Waals surface area contributed by atoms with E-state index in [0.717, 1.165) is 0 Å². The molecule has 0 bridgehead atoms. The first-order chi connectivity index (χ1) is 7.43. The summed E-state index contributed by atoms with van der Waals surface area (Å²) < 4.78 is 5.11. The number of ether oxygens (including phenoxy) is 1. The Morgan fingerprint density at radius 3 is 2.62 bits per heavy atom. The van der Waals surface area contributed by atoms with Gasteiger partial charge in [-0.2, -0.15) is 0 Å². The summed E-state index contributed by atoms with van der Waals surface area (Å²) in [5.74, 6) is -1.06. The van der Waals surface area contributed by atoms with E-state index in [1.807, 2.05) is 6.92 Å². The number of ketones is 1. The fourth-order valence-electron chi connectivity index (χ4n) is 2.86. The van der Waals surface area contributed by atoms with Crippen LogP contribution in [-0.4, -0.2) is 29.1 Å². The molecule has 0 spiro atoms. The van der Waals surface area contributed by atoms with E-state index >= 15 is 0 Å². The molecule has 16 heavy (non-hydrogen) atoms. The number of cyclic esters (lactones) is 1. The maximum absolute atomic E-state index is 11.6. The number of hydrogen-bond donors (Lipinski definition) is 1. The first-order valence-corrected chi connectivity index (χ1v) is 5.54. The van der Waals surface area contributed by atoms with Gasteiger partial charge in [0.2, 0.25) is 0 Å². The van der Waals surface area contributed by atoms with Gasteiger partial charge in [-0.1, -0.05) is 6.92 Å². The minimum atomic E-state index is -0.738. The fraction of sp³-hybridized carbons (Fsp3) is 0.667. The monoisotopic (exact) mass is 224 g/mol. The minimum Gasteiger partial charge on any atom is -0.459 e. The number of Topliss-reactive ketones (excluding diaryl/α,β-unsaturated/α-hetero) is 1. The van der Waals surface area contributed by atoms with Crippen molar-refractivity contribution in [2.24, 2.45) is 17.8 Å². The summed E-state index contributed by atoms with van der Waals surface area (Å²) in [4.78, 5) is 23.2.